The predicted octanol–water partition coefficient (Wildman–Crippen LogP) is 2.33. The predicted molar refractivity (Wildman–Crippen MR) is 88.1 cm³/mol. The highest BCUT2D eigenvalue weighted by atomic mass is 16.6. The van der Waals surface area contributed by atoms with Gasteiger partial charge in [-0.15, -0.1) is 0 Å². The SMILES string of the molecule is CCOC(=O)N(CC)C(=O)N(CC=O)C(=O)C=Cc1ccccc1. The number of urea groups is 1. The molecule has 0 heterocycles. The monoisotopic (exact) mass is 332 g/mol. The van der Waals surface area contributed by atoms with Crippen LogP contribution in [0.5, 0.6) is 0 Å². The third-order valence-corrected chi connectivity index (χ3v) is 3.01. The lowest BCUT2D eigenvalue weighted by atomic mass is 10.2. The van der Waals surface area contributed by atoms with Crippen molar-refractivity contribution in [3.05, 3.63) is 42.0 Å². The maximum Gasteiger partial charge on any atom is 0.417 e. The van der Waals surface area contributed by atoms with Crippen molar-refractivity contribution in [3.8, 4) is 0 Å². The summed E-state index contributed by atoms with van der Waals surface area (Å²) in [5.74, 6) is -0.696. The number of imide groups is 2. The summed E-state index contributed by atoms with van der Waals surface area (Å²) in [7, 11) is 0. The Kier molecular flexibility index (Phi) is 7.90. The zero-order chi connectivity index (χ0) is 17.9. The standard InChI is InChI=1S/C17H20N2O5/c1-3-18(17(23)24-4-2)16(22)19(12-13-20)15(21)11-10-14-8-6-5-7-9-14/h5-11,13H,3-4,12H2,1-2H3. The van der Waals surface area contributed by atoms with Crippen LogP contribution in [0.4, 0.5) is 9.59 Å². The average Bonchev–Trinajstić information content (AvgIpc) is 2.59. The number of benzene rings is 1. The minimum absolute atomic E-state index is 0.0166. The fourth-order valence-corrected chi connectivity index (χ4v) is 1.85. The van der Waals surface area contributed by atoms with Crippen molar-refractivity contribution >= 4 is 30.4 Å². The fourth-order valence-electron chi connectivity index (χ4n) is 1.85. The van der Waals surface area contributed by atoms with Crippen molar-refractivity contribution in [2.24, 2.45) is 0 Å². The van der Waals surface area contributed by atoms with E-state index in [-0.39, 0.29) is 13.2 Å². The molecule has 0 unspecified atom stereocenters. The van der Waals surface area contributed by atoms with E-state index in [2.05, 4.69) is 0 Å². The summed E-state index contributed by atoms with van der Waals surface area (Å²) in [6, 6.07) is 8.11. The van der Waals surface area contributed by atoms with E-state index in [9.17, 15) is 19.2 Å². The first-order chi connectivity index (χ1) is 11.5. The molecule has 0 radical (unpaired) electrons. The Balaban J connectivity index is 2.93. The molecule has 0 N–H and O–H groups in total. The number of hydrogen-bond donors (Lipinski definition) is 0. The molecule has 7 nitrogen and oxygen atoms in total. The van der Waals surface area contributed by atoms with Gasteiger partial charge in [-0.1, -0.05) is 30.3 Å². The maximum absolute atomic E-state index is 12.4. The van der Waals surface area contributed by atoms with Gasteiger partial charge in [0.25, 0.3) is 5.91 Å². The number of nitrogens with zero attached hydrogens (tertiary/aromatic N) is 2. The molecule has 0 fully saturated rings. The van der Waals surface area contributed by atoms with Crippen molar-refractivity contribution in [1.29, 1.82) is 0 Å². The molecule has 0 aliphatic carbocycles. The summed E-state index contributed by atoms with van der Waals surface area (Å²) in [5, 5.41) is 0. The molecular weight excluding hydrogens is 312 g/mol. The quantitative estimate of drug-likeness (QED) is 0.589. The second-order valence-electron chi connectivity index (χ2n) is 4.59. The van der Waals surface area contributed by atoms with Gasteiger partial charge < -0.3 is 9.53 Å². The number of carbonyl (C=O) groups is 4. The van der Waals surface area contributed by atoms with E-state index in [0.717, 1.165) is 10.5 Å². The summed E-state index contributed by atoms with van der Waals surface area (Å²) in [6.07, 6.45) is 2.26. The van der Waals surface area contributed by atoms with Gasteiger partial charge >= 0.3 is 12.1 Å². The first-order valence-electron chi connectivity index (χ1n) is 7.51. The molecule has 0 saturated carbocycles. The van der Waals surface area contributed by atoms with E-state index >= 15 is 0 Å². The van der Waals surface area contributed by atoms with Gasteiger partial charge in [-0.2, -0.15) is 0 Å². The van der Waals surface area contributed by atoms with E-state index < -0.39 is 24.6 Å². The number of rotatable bonds is 6. The van der Waals surface area contributed by atoms with E-state index in [0.29, 0.717) is 11.2 Å². The molecule has 4 amide bonds. The maximum atomic E-state index is 12.4. The largest absolute Gasteiger partial charge is 0.449 e. The van der Waals surface area contributed by atoms with Crippen LogP contribution in [-0.4, -0.2) is 53.8 Å². The van der Waals surface area contributed by atoms with Gasteiger partial charge in [0.1, 0.15) is 6.29 Å². The Morgan fingerprint density at radius 3 is 2.29 bits per heavy atom. The van der Waals surface area contributed by atoms with Crippen LogP contribution in [0.15, 0.2) is 36.4 Å². The van der Waals surface area contributed by atoms with Crippen LogP contribution in [-0.2, 0) is 14.3 Å². The van der Waals surface area contributed by atoms with Gasteiger partial charge in [-0.25, -0.2) is 14.5 Å². The van der Waals surface area contributed by atoms with Gasteiger partial charge in [0, 0.05) is 12.6 Å². The molecule has 1 aromatic rings. The zero-order valence-corrected chi connectivity index (χ0v) is 13.7. The summed E-state index contributed by atoms with van der Waals surface area (Å²) in [6.45, 7) is 2.83. The van der Waals surface area contributed by atoms with Crippen molar-refractivity contribution in [2.75, 3.05) is 19.7 Å². The van der Waals surface area contributed by atoms with Crippen LogP contribution in [0.1, 0.15) is 19.4 Å². The number of aldehydes is 1. The van der Waals surface area contributed by atoms with Crippen molar-refractivity contribution < 1.29 is 23.9 Å². The average molecular weight is 332 g/mol. The zero-order valence-electron chi connectivity index (χ0n) is 13.7. The van der Waals surface area contributed by atoms with Crippen molar-refractivity contribution in [2.45, 2.75) is 13.8 Å². The Bertz CT molecular complexity index is 613. The molecule has 24 heavy (non-hydrogen) atoms. The van der Waals surface area contributed by atoms with Gasteiger partial charge in [0.2, 0.25) is 0 Å². The van der Waals surface area contributed by atoms with Gasteiger partial charge in [-0.3, -0.25) is 9.69 Å². The molecule has 0 saturated heterocycles. The van der Waals surface area contributed by atoms with Crippen LogP contribution >= 0.6 is 0 Å². The molecule has 1 aromatic carbocycles. The number of ether oxygens (including phenoxy) is 1. The van der Waals surface area contributed by atoms with Crippen LogP contribution in [0.3, 0.4) is 0 Å². The molecule has 0 spiro atoms. The summed E-state index contributed by atoms with van der Waals surface area (Å²) < 4.78 is 4.78. The van der Waals surface area contributed by atoms with E-state index in [1.807, 2.05) is 6.07 Å². The van der Waals surface area contributed by atoms with Gasteiger partial charge in [0.05, 0.1) is 13.2 Å². The summed E-state index contributed by atoms with van der Waals surface area (Å²) >= 11 is 0. The van der Waals surface area contributed by atoms with Crippen LogP contribution in [0.2, 0.25) is 0 Å². The number of carbonyl (C=O) groups excluding carboxylic acids is 4. The molecule has 128 valence electrons. The highest BCUT2D eigenvalue weighted by Crippen LogP contribution is 2.06. The Morgan fingerprint density at radius 2 is 1.75 bits per heavy atom. The molecule has 0 aromatic heterocycles. The molecule has 0 aliphatic rings. The first-order valence-corrected chi connectivity index (χ1v) is 7.51. The smallest absolute Gasteiger partial charge is 0.417 e. The molecule has 0 aliphatic heterocycles. The van der Waals surface area contributed by atoms with Gasteiger partial charge in [-0.05, 0) is 25.5 Å². The molecule has 1 rings (SSSR count). The van der Waals surface area contributed by atoms with Crippen LogP contribution in [0, 0.1) is 0 Å². The molecule has 0 bridgehead atoms. The van der Waals surface area contributed by atoms with Crippen molar-refractivity contribution in [3.63, 3.8) is 0 Å². The normalized spacial score (nSPS) is 10.2. The lowest BCUT2D eigenvalue weighted by Crippen LogP contribution is -2.49. The van der Waals surface area contributed by atoms with Crippen molar-refractivity contribution in [1.82, 2.24) is 9.80 Å². The van der Waals surface area contributed by atoms with Crippen LogP contribution in [0.25, 0.3) is 6.08 Å². The summed E-state index contributed by atoms with van der Waals surface area (Å²) in [5.41, 5.74) is 0.766. The minimum Gasteiger partial charge on any atom is -0.449 e. The Hall–Kier alpha value is -2.96. The topological polar surface area (TPSA) is 84.0 Å². The molecule has 7 heteroatoms. The minimum atomic E-state index is -0.897. The number of hydrogen-bond acceptors (Lipinski definition) is 5. The molecular formula is C17H20N2O5. The van der Waals surface area contributed by atoms with Crippen LogP contribution < -0.4 is 0 Å². The van der Waals surface area contributed by atoms with Gasteiger partial charge in [0.15, 0.2) is 0 Å². The van der Waals surface area contributed by atoms with E-state index in [1.54, 1.807) is 38.1 Å². The first kappa shape index (κ1) is 19.1. The fraction of sp³-hybridized carbons (Fsp3) is 0.294. The lowest BCUT2D eigenvalue weighted by molar-refractivity contribution is -0.125. The van der Waals surface area contributed by atoms with E-state index in [4.69, 9.17) is 4.74 Å². The lowest BCUT2D eigenvalue weighted by Gasteiger charge is -2.24. The molecule has 0 atom stereocenters. The Labute approximate surface area is 140 Å². The third-order valence-electron chi connectivity index (χ3n) is 3.01. The summed E-state index contributed by atoms with van der Waals surface area (Å²) in [4.78, 5) is 48.6. The Morgan fingerprint density at radius 1 is 1.08 bits per heavy atom. The number of amides is 4. The highest BCUT2D eigenvalue weighted by Gasteiger charge is 2.29. The third kappa shape index (κ3) is 5.35. The second-order valence-corrected chi connectivity index (χ2v) is 4.59. The highest BCUT2D eigenvalue weighted by molar-refractivity contribution is 6.06. The van der Waals surface area contributed by atoms with E-state index in [1.165, 1.54) is 12.2 Å². The second kappa shape index (κ2) is 9.94.